The van der Waals surface area contributed by atoms with Crippen LogP contribution in [0.15, 0.2) is 18.5 Å². The van der Waals surface area contributed by atoms with Crippen LogP contribution >= 0.6 is 0 Å². The molecule has 0 radical (unpaired) electrons. The Kier molecular flexibility index (Phi) is 4.36. The number of aromatic nitrogens is 3. The molecule has 21 heavy (non-hydrogen) atoms. The van der Waals surface area contributed by atoms with Crippen LogP contribution in [0, 0.1) is 5.92 Å². The van der Waals surface area contributed by atoms with E-state index in [1.807, 2.05) is 16.5 Å². The lowest BCUT2D eigenvalue weighted by molar-refractivity contribution is -0.133. The van der Waals surface area contributed by atoms with E-state index in [0.29, 0.717) is 24.2 Å². The number of carbonyl (C=O) groups is 1. The molecule has 1 aliphatic heterocycles. The van der Waals surface area contributed by atoms with Crippen LogP contribution < -0.4 is 0 Å². The van der Waals surface area contributed by atoms with Gasteiger partial charge in [0, 0.05) is 32.5 Å². The van der Waals surface area contributed by atoms with Crippen LogP contribution in [0.25, 0.3) is 0 Å². The van der Waals surface area contributed by atoms with E-state index in [4.69, 9.17) is 0 Å². The fourth-order valence-electron chi connectivity index (χ4n) is 3.48. The molecule has 5 nitrogen and oxygen atoms in total. The highest BCUT2D eigenvalue weighted by Gasteiger charge is 2.28. The minimum absolute atomic E-state index is 0.304. The zero-order chi connectivity index (χ0) is 14.7. The van der Waals surface area contributed by atoms with Crippen molar-refractivity contribution >= 4 is 5.91 Å². The van der Waals surface area contributed by atoms with E-state index < -0.39 is 0 Å². The quantitative estimate of drug-likeness (QED) is 0.802. The van der Waals surface area contributed by atoms with Gasteiger partial charge >= 0.3 is 0 Å². The van der Waals surface area contributed by atoms with Crippen molar-refractivity contribution < 1.29 is 4.79 Å². The molecule has 5 heteroatoms. The summed E-state index contributed by atoms with van der Waals surface area (Å²) >= 11 is 0. The van der Waals surface area contributed by atoms with Crippen molar-refractivity contribution in [2.45, 2.75) is 44.4 Å². The normalized spacial score (nSPS) is 26.0. The van der Waals surface area contributed by atoms with Crippen LogP contribution in [0.4, 0.5) is 0 Å². The predicted molar refractivity (Wildman–Crippen MR) is 80.7 cm³/mol. The van der Waals surface area contributed by atoms with Crippen molar-refractivity contribution in [3.05, 3.63) is 24.3 Å². The lowest BCUT2D eigenvalue weighted by Gasteiger charge is -2.33. The van der Waals surface area contributed by atoms with Gasteiger partial charge in [0.1, 0.15) is 12.2 Å². The molecule has 3 rings (SSSR count). The third-order valence-electron chi connectivity index (χ3n) is 4.68. The first-order valence-electron chi connectivity index (χ1n) is 8.02. The van der Waals surface area contributed by atoms with Gasteiger partial charge in [-0.2, -0.15) is 0 Å². The molecule has 2 atom stereocenters. The number of likely N-dealkylation sites (tertiary alicyclic amines) is 1. The minimum Gasteiger partial charge on any atom is -0.342 e. The number of nitrogens with zero attached hydrogens (tertiary/aromatic N) is 4. The van der Waals surface area contributed by atoms with Gasteiger partial charge in [-0.3, -0.25) is 4.79 Å². The summed E-state index contributed by atoms with van der Waals surface area (Å²) in [6, 6.07) is 0. The SMILES string of the molecule is Cn1cnnc1[C@@H]1CCCN(C(=O)C[C@@H]2C=CCCC2)C1. The zero-order valence-corrected chi connectivity index (χ0v) is 12.7. The van der Waals surface area contributed by atoms with Crippen molar-refractivity contribution in [1.29, 1.82) is 0 Å². The van der Waals surface area contributed by atoms with Crippen LogP contribution in [0.3, 0.4) is 0 Å². The third-order valence-corrected chi connectivity index (χ3v) is 4.68. The number of allylic oxidation sites excluding steroid dienone is 2. The van der Waals surface area contributed by atoms with Crippen molar-refractivity contribution in [3.8, 4) is 0 Å². The summed E-state index contributed by atoms with van der Waals surface area (Å²) in [5, 5.41) is 8.17. The molecule has 1 amide bonds. The molecule has 0 spiro atoms. The summed E-state index contributed by atoms with van der Waals surface area (Å²) in [6.45, 7) is 1.69. The van der Waals surface area contributed by atoms with Gasteiger partial charge in [-0.1, -0.05) is 12.2 Å². The Labute approximate surface area is 126 Å². The average molecular weight is 288 g/mol. The molecule has 1 fully saturated rings. The maximum atomic E-state index is 12.5. The van der Waals surface area contributed by atoms with Crippen LogP contribution in [0.1, 0.15) is 50.3 Å². The Morgan fingerprint density at radius 1 is 1.38 bits per heavy atom. The van der Waals surface area contributed by atoms with E-state index in [0.717, 1.165) is 38.2 Å². The lowest BCUT2D eigenvalue weighted by Crippen LogP contribution is -2.40. The van der Waals surface area contributed by atoms with Gasteiger partial charge in [0.2, 0.25) is 5.91 Å². The maximum absolute atomic E-state index is 12.5. The highest BCUT2D eigenvalue weighted by Crippen LogP contribution is 2.27. The molecule has 114 valence electrons. The van der Waals surface area contributed by atoms with Crippen LogP contribution in [0.2, 0.25) is 0 Å². The topological polar surface area (TPSA) is 51.0 Å². The summed E-state index contributed by atoms with van der Waals surface area (Å²) in [4.78, 5) is 14.5. The fourth-order valence-corrected chi connectivity index (χ4v) is 3.48. The van der Waals surface area contributed by atoms with Crippen LogP contribution in [0.5, 0.6) is 0 Å². The Hall–Kier alpha value is -1.65. The molecule has 2 heterocycles. The second-order valence-corrected chi connectivity index (χ2v) is 6.30. The summed E-state index contributed by atoms with van der Waals surface area (Å²) in [5.41, 5.74) is 0. The Morgan fingerprint density at radius 2 is 2.29 bits per heavy atom. The molecule has 0 unspecified atom stereocenters. The van der Waals surface area contributed by atoms with E-state index in [1.165, 1.54) is 12.8 Å². The maximum Gasteiger partial charge on any atom is 0.223 e. The third kappa shape index (κ3) is 3.34. The van der Waals surface area contributed by atoms with Crippen molar-refractivity contribution in [2.75, 3.05) is 13.1 Å². The summed E-state index contributed by atoms with van der Waals surface area (Å²) in [7, 11) is 1.98. The van der Waals surface area contributed by atoms with E-state index in [9.17, 15) is 4.79 Å². The standard InChI is InChI=1S/C16H24N4O/c1-19-12-17-18-16(19)14-8-5-9-20(11-14)15(21)10-13-6-3-2-4-7-13/h3,6,12-14H,2,4-5,7-11H2,1H3/t13-,14-/m1/s1. The second-order valence-electron chi connectivity index (χ2n) is 6.30. The number of aryl methyl sites for hydroxylation is 1. The molecule has 1 aliphatic carbocycles. The van der Waals surface area contributed by atoms with Gasteiger partial charge in [0.05, 0.1) is 0 Å². The first-order valence-corrected chi connectivity index (χ1v) is 8.02. The fraction of sp³-hybridized carbons (Fsp3) is 0.688. The molecular formula is C16H24N4O. The van der Waals surface area contributed by atoms with Crippen LogP contribution in [-0.2, 0) is 11.8 Å². The minimum atomic E-state index is 0.304. The number of hydrogen-bond acceptors (Lipinski definition) is 3. The van der Waals surface area contributed by atoms with Crippen molar-refractivity contribution in [3.63, 3.8) is 0 Å². The van der Waals surface area contributed by atoms with E-state index in [-0.39, 0.29) is 0 Å². The number of rotatable bonds is 3. The molecule has 0 saturated carbocycles. The molecule has 0 bridgehead atoms. The predicted octanol–water partition coefficient (Wildman–Crippen LogP) is 2.27. The summed E-state index contributed by atoms with van der Waals surface area (Å²) < 4.78 is 1.97. The van der Waals surface area contributed by atoms with E-state index in [1.54, 1.807) is 6.33 Å². The van der Waals surface area contributed by atoms with E-state index in [2.05, 4.69) is 22.3 Å². The second kappa shape index (κ2) is 6.41. The first kappa shape index (κ1) is 14.3. The highest BCUT2D eigenvalue weighted by atomic mass is 16.2. The molecule has 1 saturated heterocycles. The number of piperidine rings is 1. The van der Waals surface area contributed by atoms with Gasteiger partial charge in [-0.25, -0.2) is 0 Å². The molecule has 2 aliphatic rings. The molecule has 1 aromatic heterocycles. The molecule has 0 aromatic carbocycles. The van der Waals surface area contributed by atoms with Crippen molar-refractivity contribution in [2.24, 2.45) is 13.0 Å². The molecule has 1 aromatic rings. The van der Waals surface area contributed by atoms with Gasteiger partial charge in [-0.15, -0.1) is 10.2 Å². The van der Waals surface area contributed by atoms with Crippen molar-refractivity contribution in [1.82, 2.24) is 19.7 Å². The Morgan fingerprint density at radius 3 is 3.00 bits per heavy atom. The average Bonchev–Trinajstić information content (AvgIpc) is 2.94. The molecular weight excluding hydrogens is 264 g/mol. The van der Waals surface area contributed by atoms with Gasteiger partial charge in [0.15, 0.2) is 0 Å². The first-order chi connectivity index (χ1) is 10.2. The number of amides is 1. The number of hydrogen-bond donors (Lipinski definition) is 0. The Bertz CT molecular complexity index is 522. The Balaban J connectivity index is 1.60. The summed E-state index contributed by atoms with van der Waals surface area (Å²) in [5.74, 6) is 2.09. The monoisotopic (exact) mass is 288 g/mol. The summed E-state index contributed by atoms with van der Waals surface area (Å²) in [6.07, 6.45) is 12.6. The number of carbonyl (C=O) groups excluding carboxylic acids is 1. The smallest absolute Gasteiger partial charge is 0.223 e. The van der Waals surface area contributed by atoms with Gasteiger partial charge < -0.3 is 9.47 Å². The zero-order valence-electron chi connectivity index (χ0n) is 12.7. The molecule has 0 N–H and O–H groups in total. The van der Waals surface area contributed by atoms with Gasteiger partial charge in [0.25, 0.3) is 0 Å². The highest BCUT2D eigenvalue weighted by molar-refractivity contribution is 5.76. The lowest BCUT2D eigenvalue weighted by atomic mass is 9.91. The van der Waals surface area contributed by atoms with Crippen LogP contribution in [-0.4, -0.2) is 38.7 Å². The van der Waals surface area contributed by atoms with E-state index >= 15 is 0 Å². The largest absolute Gasteiger partial charge is 0.342 e. The van der Waals surface area contributed by atoms with Gasteiger partial charge in [-0.05, 0) is 38.0 Å².